The zero-order chi connectivity index (χ0) is 17.6. The second-order valence-corrected chi connectivity index (χ2v) is 6.08. The highest BCUT2D eigenvalue weighted by molar-refractivity contribution is 6.10. The lowest BCUT2D eigenvalue weighted by Crippen LogP contribution is -2.23. The molecule has 0 fully saturated rings. The van der Waals surface area contributed by atoms with Crippen LogP contribution in [0.1, 0.15) is 22.8 Å². The number of hydrogen-bond acceptors (Lipinski definition) is 2. The molecule has 0 aliphatic carbocycles. The number of aromatic nitrogens is 1. The van der Waals surface area contributed by atoms with Gasteiger partial charge in [0, 0.05) is 35.5 Å². The molecule has 6 heteroatoms. The Morgan fingerprint density at radius 2 is 2.04 bits per heavy atom. The summed E-state index contributed by atoms with van der Waals surface area (Å²) in [6, 6.07) is 9.74. The van der Waals surface area contributed by atoms with E-state index in [9.17, 15) is 14.0 Å². The molecule has 0 unspecified atom stereocenters. The first-order valence-corrected chi connectivity index (χ1v) is 8.04. The van der Waals surface area contributed by atoms with Gasteiger partial charge in [-0.2, -0.15) is 0 Å². The summed E-state index contributed by atoms with van der Waals surface area (Å²) in [6.45, 7) is 1.91. The smallest absolute Gasteiger partial charge is 0.251 e. The molecule has 1 aliphatic heterocycles. The molecule has 0 spiro atoms. The summed E-state index contributed by atoms with van der Waals surface area (Å²) in [7, 11) is 0. The lowest BCUT2D eigenvalue weighted by molar-refractivity contribution is -0.114. The number of benzene rings is 2. The molecule has 1 aliphatic rings. The Kier molecular flexibility index (Phi) is 3.53. The van der Waals surface area contributed by atoms with Crippen molar-refractivity contribution in [1.82, 2.24) is 10.3 Å². The van der Waals surface area contributed by atoms with Crippen LogP contribution < -0.4 is 10.6 Å². The number of aromatic amines is 1. The van der Waals surface area contributed by atoms with Crippen molar-refractivity contribution in [3.63, 3.8) is 0 Å². The lowest BCUT2D eigenvalue weighted by atomic mass is 9.99. The van der Waals surface area contributed by atoms with Crippen molar-refractivity contribution in [3.05, 3.63) is 53.3 Å². The van der Waals surface area contributed by atoms with E-state index in [0.717, 1.165) is 22.2 Å². The monoisotopic (exact) mass is 337 g/mol. The van der Waals surface area contributed by atoms with Crippen molar-refractivity contribution >= 4 is 28.4 Å². The number of amides is 2. The quantitative estimate of drug-likeness (QED) is 0.672. The first kappa shape index (κ1) is 15.4. The molecular weight excluding hydrogens is 321 g/mol. The zero-order valence-corrected chi connectivity index (χ0v) is 13.6. The molecule has 0 saturated heterocycles. The van der Waals surface area contributed by atoms with Gasteiger partial charge in [0.1, 0.15) is 5.82 Å². The van der Waals surface area contributed by atoms with Crippen LogP contribution >= 0.6 is 0 Å². The van der Waals surface area contributed by atoms with E-state index in [1.807, 2.05) is 12.1 Å². The molecule has 0 atom stereocenters. The average molecular weight is 337 g/mol. The molecule has 2 aromatic carbocycles. The predicted molar refractivity (Wildman–Crippen MR) is 94.0 cm³/mol. The van der Waals surface area contributed by atoms with Crippen molar-refractivity contribution in [3.8, 4) is 11.3 Å². The molecule has 25 heavy (non-hydrogen) atoms. The maximum Gasteiger partial charge on any atom is 0.251 e. The summed E-state index contributed by atoms with van der Waals surface area (Å²) in [5.74, 6) is -0.735. The number of carbonyl (C=O) groups is 2. The summed E-state index contributed by atoms with van der Waals surface area (Å²) in [5.41, 5.74) is 4.19. The molecular formula is C19H16FN3O2. The van der Waals surface area contributed by atoms with E-state index in [2.05, 4.69) is 15.6 Å². The van der Waals surface area contributed by atoms with Gasteiger partial charge in [-0.05, 0) is 42.3 Å². The van der Waals surface area contributed by atoms with E-state index >= 15 is 0 Å². The fourth-order valence-corrected chi connectivity index (χ4v) is 3.40. The maximum atomic E-state index is 13.9. The summed E-state index contributed by atoms with van der Waals surface area (Å²) in [4.78, 5) is 27.1. The van der Waals surface area contributed by atoms with Crippen molar-refractivity contribution in [1.29, 1.82) is 0 Å². The van der Waals surface area contributed by atoms with Gasteiger partial charge in [-0.1, -0.05) is 6.07 Å². The van der Waals surface area contributed by atoms with E-state index < -0.39 is 5.82 Å². The van der Waals surface area contributed by atoms with Crippen LogP contribution in [-0.2, 0) is 11.2 Å². The minimum Gasteiger partial charge on any atom is -0.354 e. The fraction of sp³-hybridized carbons (Fsp3) is 0.158. The molecule has 126 valence electrons. The van der Waals surface area contributed by atoms with Crippen LogP contribution in [0.2, 0.25) is 0 Å². The fourth-order valence-electron chi connectivity index (χ4n) is 3.40. The van der Waals surface area contributed by atoms with Crippen molar-refractivity contribution in [2.24, 2.45) is 0 Å². The van der Waals surface area contributed by atoms with E-state index in [4.69, 9.17) is 0 Å². The Morgan fingerprint density at radius 3 is 2.84 bits per heavy atom. The van der Waals surface area contributed by atoms with Crippen LogP contribution in [0, 0.1) is 5.82 Å². The van der Waals surface area contributed by atoms with Crippen LogP contribution in [0.4, 0.5) is 10.1 Å². The molecule has 2 heterocycles. The van der Waals surface area contributed by atoms with Gasteiger partial charge in [-0.15, -0.1) is 0 Å². The van der Waals surface area contributed by atoms with Crippen molar-refractivity contribution in [2.75, 3.05) is 11.9 Å². The standard InChI is InChI=1S/C19H16FN3O2/c1-10(24)22-15-6-5-11(20)9-14(15)18-12-7-8-21-19(25)13-3-2-4-16(23-18)17(12)13/h2-6,9,23H,7-8H2,1H3,(H,21,25)(H,22,24). The predicted octanol–water partition coefficient (Wildman–Crippen LogP) is 3.22. The third-order valence-electron chi connectivity index (χ3n) is 4.39. The van der Waals surface area contributed by atoms with Gasteiger partial charge in [0.2, 0.25) is 5.91 Å². The van der Waals surface area contributed by atoms with Gasteiger partial charge in [0.25, 0.3) is 5.91 Å². The highest BCUT2D eigenvalue weighted by Gasteiger charge is 2.23. The average Bonchev–Trinajstić information content (AvgIpc) is 2.85. The van der Waals surface area contributed by atoms with Crippen LogP contribution in [0.3, 0.4) is 0 Å². The number of halogens is 1. The highest BCUT2D eigenvalue weighted by Crippen LogP contribution is 2.37. The van der Waals surface area contributed by atoms with Crippen LogP contribution in [-0.4, -0.2) is 23.3 Å². The van der Waals surface area contributed by atoms with Gasteiger partial charge in [0.05, 0.1) is 11.4 Å². The summed E-state index contributed by atoms with van der Waals surface area (Å²) >= 11 is 0. The molecule has 3 N–H and O–H groups in total. The van der Waals surface area contributed by atoms with Crippen LogP contribution in [0.25, 0.3) is 22.2 Å². The SMILES string of the molecule is CC(=O)Nc1ccc(F)cc1-c1[nH]c2cccc3c2c1CCNC3=O. The second kappa shape index (κ2) is 5.73. The number of anilines is 1. The first-order valence-electron chi connectivity index (χ1n) is 8.04. The summed E-state index contributed by atoms with van der Waals surface area (Å²) in [5, 5.41) is 6.47. The number of hydrogen-bond donors (Lipinski definition) is 3. The van der Waals surface area contributed by atoms with E-state index in [0.29, 0.717) is 29.8 Å². The molecule has 0 bridgehead atoms. The Morgan fingerprint density at radius 1 is 1.20 bits per heavy atom. The molecule has 0 saturated carbocycles. The minimum atomic E-state index is -0.391. The Balaban J connectivity index is 2.01. The summed E-state index contributed by atoms with van der Waals surface area (Å²) in [6.07, 6.45) is 0.619. The van der Waals surface area contributed by atoms with Gasteiger partial charge in [-0.3, -0.25) is 9.59 Å². The van der Waals surface area contributed by atoms with Gasteiger partial charge in [0.15, 0.2) is 0 Å². The Labute approximate surface area is 143 Å². The van der Waals surface area contributed by atoms with Crippen molar-refractivity contribution < 1.29 is 14.0 Å². The van der Waals surface area contributed by atoms with E-state index in [-0.39, 0.29) is 11.8 Å². The molecule has 2 amide bonds. The van der Waals surface area contributed by atoms with Crippen LogP contribution in [0.15, 0.2) is 36.4 Å². The molecule has 5 nitrogen and oxygen atoms in total. The van der Waals surface area contributed by atoms with Crippen LogP contribution in [0.5, 0.6) is 0 Å². The Hall–Kier alpha value is -3.15. The first-order chi connectivity index (χ1) is 12.0. The van der Waals surface area contributed by atoms with Gasteiger partial charge < -0.3 is 15.6 Å². The number of carbonyl (C=O) groups excluding carboxylic acids is 2. The van der Waals surface area contributed by atoms with E-state index in [1.54, 1.807) is 12.1 Å². The third-order valence-corrected chi connectivity index (χ3v) is 4.39. The Bertz CT molecular complexity index is 1020. The number of nitrogens with one attached hydrogen (secondary N) is 3. The normalized spacial score (nSPS) is 13.4. The summed E-state index contributed by atoms with van der Waals surface area (Å²) < 4.78 is 13.9. The second-order valence-electron chi connectivity index (χ2n) is 6.08. The molecule has 3 aromatic rings. The van der Waals surface area contributed by atoms with Crippen molar-refractivity contribution in [2.45, 2.75) is 13.3 Å². The van der Waals surface area contributed by atoms with Gasteiger partial charge in [-0.25, -0.2) is 4.39 Å². The molecule has 1 aromatic heterocycles. The number of H-pyrrole nitrogens is 1. The highest BCUT2D eigenvalue weighted by atomic mass is 19.1. The van der Waals surface area contributed by atoms with Gasteiger partial charge >= 0.3 is 0 Å². The minimum absolute atomic E-state index is 0.115. The molecule has 4 rings (SSSR count). The third kappa shape index (κ3) is 2.55. The number of rotatable bonds is 2. The lowest BCUT2D eigenvalue weighted by Gasteiger charge is -2.11. The maximum absolute atomic E-state index is 13.9. The molecule has 0 radical (unpaired) electrons. The zero-order valence-electron chi connectivity index (χ0n) is 13.6. The topological polar surface area (TPSA) is 74.0 Å². The largest absolute Gasteiger partial charge is 0.354 e. The van der Waals surface area contributed by atoms with E-state index in [1.165, 1.54) is 19.1 Å².